The van der Waals surface area contributed by atoms with Gasteiger partial charge in [0.25, 0.3) is 0 Å². The molecule has 0 bridgehead atoms. The third-order valence-corrected chi connectivity index (χ3v) is 4.46. The molecule has 1 fully saturated rings. The largest absolute Gasteiger partial charge is 0.464 e. The summed E-state index contributed by atoms with van der Waals surface area (Å²) in [6.45, 7) is 2.44. The monoisotopic (exact) mass is 314 g/mol. The van der Waals surface area contributed by atoms with Gasteiger partial charge in [-0.1, -0.05) is 5.16 Å². The molecule has 1 saturated carbocycles. The van der Waals surface area contributed by atoms with Crippen molar-refractivity contribution < 1.29 is 14.0 Å². The number of aromatic nitrogens is 3. The number of hydrogen-bond donors (Lipinski definition) is 2. The molecular formula is C16H18N4O3. The van der Waals surface area contributed by atoms with Crippen molar-refractivity contribution in [2.24, 2.45) is 5.92 Å². The van der Waals surface area contributed by atoms with Crippen LogP contribution in [0.25, 0.3) is 11.0 Å². The van der Waals surface area contributed by atoms with Crippen LogP contribution in [0.3, 0.4) is 0 Å². The molecule has 1 aliphatic carbocycles. The average molecular weight is 314 g/mol. The molecule has 3 heterocycles. The standard InChI is InChI=1S/C16H18N4O3/c1-9-19-16(23-20-9)10-6-11(13(21)7-10)8-18-15-12-3-5-22-14(12)2-4-17-15/h2-5,10-11,13,21H,6-8H2,1H3,(H,17,18)/t10-,11+,13+/m0/s1. The van der Waals surface area contributed by atoms with E-state index < -0.39 is 0 Å². The molecule has 3 aromatic heterocycles. The van der Waals surface area contributed by atoms with Crippen LogP contribution in [0.4, 0.5) is 5.82 Å². The second-order valence-electron chi connectivity index (χ2n) is 6.05. The zero-order chi connectivity index (χ0) is 15.8. The van der Waals surface area contributed by atoms with E-state index in [1.165, 1.54) is 0 Å². The van der Waals surface area contributed by atoms with Gasteiger partial charge in [-0.05, 0) is 31.9 Å². The number of furan rings is 1. The normalized spacial score (nSPS) is 24.3. The first-order valence-electron chi connectivity index (χ1n) is 7.75. The van der Waals surface area contributed by atoms with Crippen LogP contribution in [0.5, 0.6) is 0 Å². The van der Waals surface area contributed by atoms with Gasteiger partial charge in [0, 0.05) is 24.6 Å². The number of pyridine rings is 1. The number of anilines is 1. The zero-order valence-electron chi connectivity index (χ0n) is 12.8. The Labute approximate surface area is 132 Å². The molecule has 1 aliphatic rings. The summed E-state index contributed by atoms with van der Waals surface area (Å²) in [5.74, 6) is 2.28. The maximum atomic E-state index is 10.3. The third kappa shape index (κ3) is 2.68. The number of nitrogens with one attached hydrogen (secondary N) is 1. The lowest BCUT2D eigenvalue weighted by molar-refractivity contribution is 0.137. The molecule has 7 heteroatoms. The molecule has 0 amide bonds. The minimum absolute atomic E-state index is 0.121. The first-order valence-corrected chi connectivity index (χ1v) is 7.75. The van der Waals surface area contributed by atoms with Gasteiger partial charge in [0.15, 0.2) is 5.82 Å². The van der Waals surface area contributed by atoms with Crippen molar-refractivity contribution >= 4 is 16.8 Å². The van der Waals surface area contributed by atoms with E-state index in [2.05, 4.69) is 20.4 Å². The van der Waals surface area contributed by atoms with Crippen LogP contribution < -0.4 is 5.32 Å². The van der Waals surface area contributed by atoms with E-state index in [0.717, 1.165) is 23.2 Å². The van der Waals surface area contributed by atoms with Gasteiger partial charge in [-0.2, -0.15) is 4.98 Å². The highest BCUT2D eigenvalue weighted by atomic mass is 16.5. The fourth-order valence-corrected chi connectivity index (χ4v) is 3.27. The molecule has 0 unspecified atom stereocenters. The second-order valence-corrected chi connectivity index (χ2v) is 6.05. The highest BCUT2D eigenvalue weighted by Crippen LogP contribution is 2.38. The predicted molar refractivity (Wildman–Crippen MR) is 83.0 cm³/mol. The third-order valence-electron chi connectivity index (χ3n) is 4.46. The van der Waals surface area contributed by atoms with Crippen molar-refractivity contribution in [2.45, 2.75) is 31.8 Å². The molecule has 0 saturated heterocycles. The van der Waals surface area contributed by atoms with Crippen LogP contribution in [0.1, 0.15) is 30.5 Å². The van der Waals surface area contributed by atoms with Crippen molar-refractivity contribution in [3.8, 4) is 0 Å². The Morgan fingerprint density at radius 2 is 2.26 bits per heavy atom. The lowest BCUT2D eigenvalue weighted by Crippen LogP contribution is -2.22. The highest BCUT2D eigenvalue weighted by molar-refractivity contribution is 5.87. The molecule has 0 spiro atoms. The number of aliphatic hydroxyl groups excluding tert-OH is 1. The SMILES string of the molecule is Cc1noc([C@H]2C[C@H](CNc3nccc4occc34)[C@H](O)C2)n1. The van der Waals surface area contributed by atoms with Gasteiger partial charge in [0.05, 0.1) is 17.8 Å². The number of hydrogen-bond acceptors (Lipinski definition) is 7. The number of rotatable bonds is 4. The van der Waals surface area contributed by atoms with Crippen molar-refractivity contribution in [1.82, 2.24) is 15.1 Å². The molecule has 0 aromatic carbocycles. The Morgan fingerprint density at radius 1 is 1.35 bits per heavy atom. The summed E-state index contributed by atoms with van der Waals surface area (Å²) in [6.07, 6.45) is 4.44. The van der Waals surface area contributed by atoms with Gasteiger partial charge in [0.2, 0.25) is 5.89 Å². The highest BCUT2D eigenvalue weighted by Gasteiger charge is 2.36. The fraction of sp³-hybridized carbons (Fsp3) is 0.438. The smallest absolute Gasteiger partial charge is 0.229 e. The molecular weight excluding hydrogens is 296 g/mol. The first-order chi connectivity index (χ1) is 11.2. The summed E-state index contributed by atoms with van der Waals surface area (Å²) < 4.78 is 10.6. The summed E-state index contributed by atoms with van der Waals surface area (Å²) >= 11 is 0. The summed E-state index contributed by atoms with van der Waals surface area (Å²) in [5, 5.41) is 18.4. The molecule has 120 valence electrons. The van der Waals surface area contributed by atoms with Crippen LogP contribution in [-0.2, 0) is 0 Å². The van der Waals surface area contributed by atoms with Crippen molar-refractivity contribution in [2.75, 3.05) is 11.9 Å². The van der Waals surface area contributed by atoms with Gasteiger partial charge in [0.1, 0.15) is 11.4 Å². The van der Waals surface area contributed by atoms with E-state index in [1.54, 1.807) is 19.4 Å². The number of nitrogens with zero attached hydrogens (tertiary/aromatic N) is 3. The van der Waals surface area contributed by atoms with Crippen LogP contribution in [0.2, 0.25) is 0 Å². The summed E-state index contributed by atoms with van der Waals surface area (Å²) in [7, 11) is 0. The molecule has 2 N–H and O–H groups in total. The van der Waals surface area contributed by atoms with E-state index in [0.29, 0.717) is 24.7 Å². The Kier molecular flexibility index (Phi) is 3.49. The molecule has 0 aliphatic heterocycles. The second kappa shape index (κ2) is 5.66. The molecule has 7 nitrogen and oxygen atoms in total. The maximum Gasteiger partial charge on any atom is 0.229 e. The first kappa shape index (κ1) is 14.2. The van der Waals surface area contributed by atoms with Gasteiger partial charge in [-0.25, -0.2) is 4.98 Å². The summed E-state index contributed by atoms with van der Waals surface area (Å²) in [6, 6.07) is 3.72. The topological polar surface area (TPSA) is 97.2 Å². The van der Waals surface area contributed by atoms with Crippen LogP contribution in [0, 0.1) is 12.8 Å². The summed E-state index contributed by atoms with van der Waals surface area (Å²) in [5.41, 5.74) is 0.800. The van der Waals surface area contributed by atoms with Crippen molar-refractivity contribution in [3.05, 3.63) is 36.3 Å². The number of fused-ring (bicyclic) bond motifs is 1. The maximum absolute atomic E-state index is 10.3. The van der Waals surface area contributed by atoms with Gasteiger partial charge >= 0.3 is 0 Å². The van der Waals surface area contributed by atoms with E-state index >= 15 is 0 Å². The zero-order valence-corrected chi connectivity index (χ0v) is 12.8. The number of aliphatic hydroxyl groups is 1. The van der Waals surface area contributed by atoms with Crippen molar-refractivity contribution in [1.29, 1.82) is 0 Å². The Hall–Kier alpha value is -2.41. The lowest BCUT2D eigenvalue weighted by atomic mass is 10.0. The predicted octanol–water partition coefficient (Wildman–Crippen LogP) is 2.49. The van der Waals surface area contributed by atoms with Gasteiger partial charge < -0.3 is 19.4 Å². The molecule has 23 heavy (non-hydrogen) atoms. The quantitative estimate of drug-likeness (QED) is 0.763. The fourth-order valence-electron chi connectivity index (χ4n) is 3.27. The van der Waals surface area contributed by atoms with Crippen LogP contribution >= 0.6 is 0 Å². The Morgan fingerprint density at radius 3 is 3.09 bits per heavy atom. The Balaban J connectivity index is 1.44. The molecule has 4 rings (SSSR count). The molecule has 0 radical (unpaired) electrons. The minimum atomic E-state index is -0.386. The van der Waals surface area contributed by atoms with Crippen molar-refractivity contribution in [3.63, 3.8) is 0 Å². The van der Waals surface area contributed by atoms with E-state index in [1.807, 2.05) is 12.1 Å². The van der Waals surface area contributed by atoms with Gasteiger partial charge in [-0.3, -0.25) is 0 Å². The Bertz CT molecular complexity index is 812. The molecule has 3 aromatic rings. The van der Waals surface area contributed by atoms with E-state index in [-0.39, 0.29) is 17.9 Å². The van der Waals surface area contributed by atoms with Crippen LogP contribution in [0.15, 0.2) is 33.5 Å². The van der Waals surface area contributed by atoms with Gasteiger partial charge in [-0.15, -0.1) is 0 Å². The number of aryl methyl sites for hydroxylation is 1. The molecule has 3 atom stereocenters. The van der Waals surface area contributed by atoms with E-state index in [4.69, 9.17) is 8.94 Å². The summed E-state index contributed by atoms with van der Waals surface area (Å²) in [4.78, 5) is 8.63. The van der Waals surface area contributed by atoms with Crippen LogP contribution in [-0.4, -0.2) is 32.9 Å². The minimum Gasteiger partial charge on any atom is -0.464 e. The van der Waals surface area contributed by atoms with E-state index in [9.17, 15) is 5.11 Å². The lowest BCUT2D eigenvalue weighted by Gasteiger charge is -2.15. The average Bonchev–Trinajstić information content (AvgIpc) is 3.25.